The normalized spacial score (nSPS) is 19.8. The zero-order chi connectivity index (χ0) is 15.2. The van der Waals surface area contributed by atoms with Crippen molar-refractivity contribution in [2.75, 3.05) is 13.2 Å². The minimum atomic E-state index is -0.934. The van der Waals surface area contributed by atoms with Crippen LogP contribution in [0, 0.1) is 5.92 Å². The lowest BCUT2D eigenvalue weighted by Gasteiger charge is -2.23. The molecule has 5 nitrogen and oxygen atoms in total. The Labute approximate surface area is 124 Å². The van der Waals surface area contributed by atoms with Crippen LogP contribution in [0.3, 0.4) is 0 Å². The summed E-state index contributed by atoms with van der Waals surface area (Å²) in [6.07, 6.45) is 0.803. The summed E-state index contributed by atoms with van der Waals surface area (Å²) in [6.45, 7) is 3.25. The number of carbonyl (C=O) groups excluding carboxylic acids is 1. The molecule has 0 saturated carbocycles. The minimum absolute atomic E-state index is 0.0783. The molecule has 1 unspecified atom stereocenters. The highest BCUT2D eigenvalue weighted by Gasteiger charge is 2.36. The van der Waals surface area contributed by atoms with Gasteiger partial charge in [-0.1, -0.05) is 37.3 Å². The van der Waals surface area contributed by atoms with E-state index < -0.39 is 12.0 Å². The lowest BCUT2D eigenvalue weighted by Crippen LogP contribution is -2.41. The quantitative estimate of drug-likeness (QED) is 0.833. The van der Waals surface area contributed by atoms with Crippen molar-refractivity contribution in [2.24, 2.45) is 5.92 Å². The summed E-state index contributed by atoms with van der Waals surface area (Å²) in [5, 5.41) is 9.14. The molecule has 114 valence electrons. The molecule has 0 spiro atoms. The summed E-state index contributed by atoms with van der Waals surface area (Å²) in [6, 6.07) is 9.13. The van der Waals surface area contributed by atoms with Gasteiger partial charge in [0.2, 0.25) is 5.91 Å². The zero-order valence-corrected chi connectivity index (χ0v) is 12.2. The first-order valence-corrected chi connectivity index (χ1v) is 7.25. The summed E-state index contributed by atoms with van der Waals surface area (Å²) < 4.78 is 5.65. The van der Waals surface area contributed by atoms with E-state index in [0.717, 1.165) is 5.56 Å². The van der Waals surface area contributed by atoms with Crippen molar-refractivity contribution in [3.8, 4) is 0 Å². The molecule has 1 N–H and O–H groups in total. The number of carbonyl (C=O) groups is 2. The van der Waals surface area contributed by atoms with Gasteiger partial charge in [-0.2, -0.15) is 0 Å². The molecule has 2 atom stereocenters. The maximum atomic E-state index is 11.9. The van der Waals surface area contributed by atoms with Crippen LogP contribution in [0.5, 0.6) is 0 Å². The molecule has 1 aliphatic rings. The topological polar surface area (TPSA) is 66.8 Å². The fourth-order valence-corrected chi connectivity index (χ4v) is 2.67. The van der Waals surface area contributed by atoms with Crippen molar-refractivity contribution >= 4 is 11.9 Å². The van der Waals surface area contributed by atoms with E-state index in [1.54, 1.807) is 6.92 Å². The van der Waals surface area contributed by atoms with Crippen molar-refractivity contribution in [3.63, 3.8) is 0 Å². The Balaban J connectivity index is 1.81. The summed E-state index contributed by atoms with van der Waals surface area (Å²) in [5.74, 6) is -0.941. The Bertz CT molecular complexity index is 488. The highest BCUT2D eigenvalue weighted by Crippen LogP contribution is 2.22. The van der Waals surface area contributed by atoms with E-state index in [2.05, 4.69) is 0 Å². The molecular formula is C16H21NO4. The third-order valence-electron chi connectivity index (χ3n) is 3.75. The number of hydrogen-bond acceptors (Lipinski definition) is 3. The average molecular weight is 291 g/mol. The number of benzene rings is 1. The predicted octanol–water partition coefficient (Wildman–Crippen LogP) is 1.91. The van der Waals surface area contributed by atoms with E-state index in [9.17, 15) is 9.59 Å². The van der Waals surface area contributed by atoms with Crippen molar-refractivity contribution in [2.45, 2.75) is 32.4 Å². The molecule has 0 bridgehead atoms. The average Bonchev–Trinajstić information content (AvgIpc) is 2.82. The molecule has 2 rings (SSSR count). The highest BCUT2D eigenvalue weighted by molar-refractivity contribution is 5.85. The second-order valence-electron chi connectivity index (χ2n) is 5.38. The van der Waals surface area contributed by atoms with Crippen molar-refractivity contribution < 1.29 is 19.4 Å². The Morgan fingerprint density at radius 3 is 2.76 bits per heavy atom. The number of ether oxygens (including phenoxy) is 1. The second-order valence-corrected chi connectivity index (χ2v) is 5.38. The van der Waals surface area contributed by atoms with Crippen LogP contribution < -0.4 is 0 Å². The number of aliphatic carboxylic acids is 1. The molecule has 1 aliphatic heterocycles. The van der Waals surface area contributed by atoms with Gasteiger partial charge < -0.3 is 14.7 Å². The number of nitrogens with zero attached hydrogens (tertiary/aromatic N) is 1. The van der Waals surface area contributed by atoms with Crippen LogP contribution in [-0.2, 0) is 20.9 Å². The first-order valence-electron chi connectivity index (χ1n) is 7.25. The molecular weight excluding hydrogens is 270 g/mol. The Hall–Kier alpha value is -1.88. The van der Waals surface area contributed by atoms with E-state index in [4.69, 9.17) is 9.84 Å². The van der Waals surface area contributed by atoms with Crippen LogP contribution in [0.15, 0.2) is 30.3 Å². The van der Waals surface area contributed by atoms with E-state index >= 15 is 0 Å². The van der Waals surface area contributed by atoms with E-state index in [1.807, 2.05) is 30.3 Å². The van der Waals surface area contributed by atoms with Crippen molar-refractivity contribution in [1.82, 2.24) is 4.90 Å². The monoisotopic (exact) mass is 291 g/mol. The summed E-state index contributed by atoms with van der Waals surface area (Å²) >= 11 is 0. The third kappa shape index (κ3) is 4.04. The molecule has 0 aliphatic carbocycles. The van der Waals surface area contributed by atoms with E-state index in [0.29, 0.717) is 32.6 Å². The van der Waals surface area contributed by atoms with E-state index in [1.165, 1.54) is 4.90 Å². The van der Waals surface area contributed by atoms with Crippen LogP contribution in [-0.4, -0.2) is 41.1 Å². The van der Waals surface area contributed by atoms with Gasteiger partial charge in [-0.15, -0.1) is 0 Å². The van der Waals surface area contributed by atoms with Crippen LogP contribution in [0.4, 0.5) is 0 Å². The first-order chi connectivity index (χ1) is 10.1. The lowest BCUT2D eigenvalue weighted by molar-refractivity contribution is -0.148. The Morgan fingerprint density at radius 1 is 1.43 bits per heavy atom. The number of carboxylic acid groups (broad SMARTS) is 1. The van der Waals surface area contributed by atoms with Gasteiger partial charge in [-0.05, 0) is 12.0 Å². The molecule has 1 amide bonds. The molecule has 1 heterocycles. The fourth-order valence-electron chi connectivity index (χ4n) is 2.67. The SMILES string of the molecule is CC[C@@H](C(=O)O)N1CC(COCc2ccccc2)CC1=O. The van der Waals surface area contributed by atoms with Gasteiger partial charge in [-0.3, -0.25) is 4.79 Å². The molecule has 21 heavy (non-hydrogen) atoms. The van der Waals surface area contributed by atoms with Crippen molar-refractivity contribution in [3.05, 3.63) is 35.9 Å². The van der Waals surface area contributed by atoms with Crippen LogP contribution >= 0.6 is 0 Å². The van der Waals surface area contributed by atoms with Crippen LogP contribution in [0.1, 0.15) is 25.3 Å². The van der Waals surface area contributed by atoms with Crippen molar-refractivity contribution in [1.29, 1.82) is 0 Å². The third-order valence-corrected chi connectivity index (χ3v) is 3.75. The summed E-state index contributed by atoms with van der Waals surface area (Å²) in [7, 11) is 0. The molecule has 1 saturated heterocycles. The summed E-state index contributed by atoms with van der Waals surface area (Å²) in [5.41, 5.74) is 1.09. The zero-order valence-electron chi connectivity index (χ0n) is 12.2. The van der Waals surface area contributed by atoms with Gasteiger partial charge in [0.15, 0.2) is 0 Å². The Kier molecular flexibility index (Phi) is 5.33. The van der Waals surface area contributed by atoms with Gasteiger partial charge >= 0.3 is 5.97 Å². The van der Waals surface area contributed by atoms with Gasteiger partial charge in [0, 0.05) is 18.9 Å². The van der Waals surface area contributed by atoms with Gasteiger partial charge in [0.25, 0.3) is 0 Å². The highest BCUT2D eigenvalue weighted by atomic mass is 16.5. The number of carboxylic acids is 1. The van der Waals surface area contributed by atoms with Crippen LogP contribution in [0.25, 0.3) is 0 Å². The molecule has 1 aromatic rings. The standard InChI is InChI=1S/C16H21NO4/c1-2-14(16(19)20)17-9-13(8-15(17)18)11-21-10-12-6-4-3-5-7-12/h3-7,13-14H,2,8-11H2,1H3,(H,19,20)/t13?,14-/m0/s1. The molecule has 5 heteroatoms. The largest absolute Gasteiger partial charge is 0.480 e. The number of likely N-dealkylation sites (tertiary alicyclic amines) is 1. The Morgan fingerprint density at radius 2 is 2.14 bits per heavy atom. The maximum absolute atomic E-state index is 11.9. The van der Waals surface area contributed by atoms with Gasteiger partial charge in [-0.25, -0.2) is 4.79 Å². The van der Waals surface area contributed by atoms with Gasteiger partial charge in [0.05, 0.1) is 13.2 Å². The molecule has 0 aromatic heterocycles. The van der Waals surface area contributed by atoms with E-state index in [-0.39, 0.29) is 11.8 Å². The maximum Gasteiger partial charge on any atom is 0.326 e. The number of amides is 1. The molecule has 0 radical (unpaired) electrons. The smallest absolute Gasteiger partial charge is 0.326 e. The first kappa shape index (κ1) is 15.5. The lowest BCUT2D eigenvalue weighted by atomic mass is 10.1. The minimum Gasteiger partial charge on any atom is -0.480 e. The predicted molar refractivity (Wildman–Crippen MR) is 77.6 cm³/mol. The molecule has 1 aromatic carbocycles. The van der Waals surface area contributed by atoms with Crippen LogP contribution in [0.2, 0.25) is 0 Å². The number of hydrogen-bond donors (Lipinski definition) is 1. The fraction of sp³-hybridized carbons (Fsp3) is 0.500. The number of rotatable bonds is 7. The second kappa shape index (κ2) is 7.22. The van der Waals surface area contributed by atoms with Gasteiger partial charge in [0.1, 0.15) is 6.04 Å². The summed E-state index contributed by atoms with van der Waals surface area (Å²) in [4.78, 5) is 24.5. The molecule has 1 fully saturated rings.